The number of alkyl halides is 3. The van der Waals surface area contributed by atoms with Crippen molar-refractivity contribution in [3.63, 3.8) is 0 Å². The van der Waals surface area contributed by atoms with E-state index in [4.69, 9.17) is 10.5 Å². The zero-order valence-corrected chi connectivity index (χ0v) is 7.08. The maximum atomic E-state index is 11.7. The Morgan fingerprint density at radius 1 is 1.43 bits per heavy atom. The molecule has 0 saturated carbocycles. The Labute approximate surface area is 77.9 Å². The summed E-state index contributed by atoms with van der Waals surface area (Å²) in [5.41, 5.74) is 5.46. The van der Waals surface area contributed by atoms with Gasteiger partial charge in [-0.1, -0.05) is 0 Å². The number of aromatic nitrogens is 2. The van der Waals surface area contributed by atoms with E-state index in [0.29, 0.717) is 0 Å². The third-order valence-electron chi connectivity index (χ3n) is 1.33. The van der Waals surface area contributed by atoms with Crippen molar-refractivity contribution < 1.29 is 17.9 Å². The second-order valence-electron chi connectivity index (χ2n) is 2.50. The minimum absolute atomic E-state index is 0.0238. The SMILES string of the molecule is Nc1cncnc1OCCC(F)(F)F. The molecule has 0 aromatic carbocycles. The standard InChI is InChI=1S/C7H8F3N3O/c8-7(9,10)1-2-14-6-5(11)3-12-4-13-6/h3-4H,1-2,11H2. The predicted molar refractivity (Wildman–Crippen MR) is 42.6 cm³/mol. The van der Waals surface area contributed by atoms with Gasteiger partial charge in [-0.15, -0.1) is 0 Å². The van der Waals surface area contributed by atoms with Gasteiger partial charge in [0.05, 0.1) is 19.2 Å². The Morgan fingerprint density at radius 2 is 2.14 bits per heavy atom. The second-order valence-corrected chi connectivity index (χ2v) is 2.50. The van der Waals surface area contributed by atoms with Crippen LogP contribution in [0.5, 0.6) is 5.88 Å². The van der Waals surface area contributed by atoms with Gasteiger partial charge in [0.15, 0.2) is 0 Å². The summed E-state index contributed by atoms with van der Waals surface area (Å²) in [5, 5.41) is 0. The molecule has 0 saturated heterocycles. The van der Waals surface area contributed by atoms with Gasteiger partial charge in [-0.25, -0.2) is 9.97 Å². The van der Waals surface area contributed by atoms with Gasteiger partial charge >= 0.3 is 6.18 Å². The van der Waals surface area contributed by atoms with E-state index >= 15 is 0 Å². The molecule has 0 fully saturated rings. The Bertz CT molecular complexity index is 302. The number of rotatable bonds is 3. The highest BCUT2D eigenvalue weighted by Crippen LogP contribution is 2.21. The molecule has 0 unspecified atom stereocenters. The van der Waals surface area contributed by atoms with Crippen LogP contribution >= 0.6 is 0 Å². The van der Waals surface area contributed by atoms with E-state index in [1.807, 2.05) is 0 Å². The first-order valence-electron chi connectivity index (χ1n) is 3.74. The van der Waals surface area contributed by atoms with Gasteiger partial charge in [-0.3, -0.25) is 0 Å². The second kappa shape index (κ2) is 4.12. The van der Waals surface area contributed by atoms with Crippen molar-refractivity contribution in [3.05, 3.63) is 12.5 Å². The lowest BCUT2D eigenvalue weighted by atomic mass is 10.4. The van der Waals surface area contributed by atoms with Crippen molar-refractivity contribution >= 4 is 5.69 Å². The first-order chi connectivity index (χ1) is 6.49. The lowest BCUT2D eigenvalue weighted by Gasteiger charge is -2.08. The minimum Gasteiger partial charge on any atom is -0.476 e. The molecule has 4 nitrogen and oxygen atoms in total. The topological polar surface area (TPSA) is 61.0 Å². The monoisotopic (exact) mass is 207 g/mol. The summed E-state index contributed by atoms with van der Waals surface area (Å²) in [5.74, 6) is -0.0238. The highest BCUT2D eigenvalue weighted by molar-refractivity contribution is 5.44. The van der Waals surface area contributed by atoms with Gasteiger partial charge in [-0.05, 0) is 0 Å². The molecule has 1 rings (SSSR count). The molecule has 78 valence electrons. The quantitative estimate of drug-likeness (QED) is 0.813. The highest BCUT2D eigenvalue weighted by atomic mass is 19.4. The van der Waals surface area contributed by atoms with Crippen LogP contribution in [0, 0.1) is 0 Å². The summed E-state index contributed by atoms with van der Waals surface area (Å²) < 4.78 is 39.9. The minimum atomic E-state index is -4.23. The van der Waals surface area contributed by atoms with Crippen LogP contribution in [-0.4, -0.2) is 22.8 Å². The molecule has 0 spiro atoms. The molecule has 14 heavy (non-hydrogen) atoms. The zero-order chi connectivity index (χ0) is 10.6. The summed E-state index contributed by atoms with van der Waals surface area (Å²) >= 11 is 0. The predicted octanol–water partition coefficient (Wildman–Crippen LogP) is 1.39. The normalized spacial score (nSPS) is 11.4. The van der Waals surface area contributed by atoms with E-state index in [1.54, 1.807) is 0 Å². The number of anilines is 1. The molecular weight excluding hydrogens is 199 g/mol. The fraction of sp³-hybridized carbons (Fsp3) is 0.429. The van der Waals surface area contributed by atoms with Crippen molar-refractivity contribution in [2.75, 3.05) is 12.3 Å². The van der Waals surface area contributed by atoms with Gasteiger partial charge in [-0.2, -0.15) is 13.2 Å². The van der Waals surface area contributed by atoms with Crippen LogP contribution in [0.3, 0.4) is 0 Å². The average Bonchev–Trinajstić information content (AvgIpc) is 2.06. The lowest BCUT2D eigenvalue weighted by molar-refractivity contribution is -0.139. The molecular formula is C7H8F3N3O. The van der Waals surface area contributed by atoms with Gasteiger partial charge in [0, 0.05) is 0 Å². The zero-order valence-electron chi connectivity index (χ0n) is 7.08. The number of nitrogens with two attached hydrogens (primary N) is 1. The Morgan fingerprint density at radius 3 is 2.71 bits per heavy atom. The van der Waals surface area contributed by atoms with Crippen molar-refractivity contribution in [1.82, 2.24) is 9.97 Å². The third-order valence-corrected chi connectivity index (χ3v) is 1.33. The summed E-state index contributed by atoms with van der Waals surface area (Å²) in [7, 11) is 0. The number of nitrogens with zero attached hydrogens (tertiary/aromatic N) is 2. The van der Waals surface area contributed by atoms with Crippen LogP contribution in [0.25, 0.3) is 0 Å². The highest BCUT2D eigenvalue weighted by Gasteiger charge is 2.27. The van der Waals surface area contributed by atoms with E-state index in [0.717, 1.165) is 6.33 Å². The molecule has 7 heteroatoms. The van der Waals surface area contributed by atoms with Crippen LogP contribution in [0.2, 0.25) is 0 Å². The average molecular weight is 207 g/mol. The van der Waals surface area contributed by atoms with Crippen molar-refractivity contribution in [2.45, 2.75) is 12.6 Å². The van der Waals surface area contributed by atoms with Gasteiger partial charge in [0.1, 0.15) is 12.0 Å². The van der Waals surface area contributed by atoms with Crippen LogP contribution in [0.4, 0.5) is 18.9 Å². The molecule has 0 aliphatic rings. The summed E-state index contributed by atoms with van der Waals surface area (Å²) in [6, 6.07) is 0. The number of hydrogen-bond acceptors (Lipinski definition) is 4. The van der Waals surface area contributed by atoms with E-state index in [2.05, 4.69) is 9.97 Å². The number of hydrogen-bond donors (Lipinski definition) is 1. The lowest BCUT2D eigenvalue weighted by Crippen LogP contribution is -2.14. The van der Waals surface area contributed by atoms with Gasteiger partial charge in [0.2, 0.25) is 5.88 Å². The summed E-state index contributed by atoms with van der Waals surface area (Å²) in [4.78, 5) is 7.14. The fourth-order valence-electron chi connectivity index (χ4n) is 0.713. The molecule has 1 heterocycles. The number of nitrogen functional groups attached to an aromatic ring is 1. The van der Waals surface area contributed by atoms with Crippen LogP contribution in [0.1, 0.15) is 6.42 Å². The molecule has 1 aromatic heterocycles. The molecule has 0 atom stereocenters. The van der Waals surface area contributed by atoms with Gasteiger partial charge in [0.25, 0.3) is 0 Å². The van der Waals surface area contributed by atoms with E-state index in [1.165, 1.54) is 6.20 Å². The molecule has 0 bridgehead atoms. The molecule has 0 amide bonds. The van der Waals surface area contributed by atoms with E-state index in [-0.39, 0.29) is 11.6 Å². The van der Waals surface area contributed by atoms with Gasteiger partial charge < -0.3 is 10.5 Å². The Kier molecular flexibility index (Phi) is 3.10. The molecule has 0 radical (unpaired) electrons. The molecule has 0 aliphatic carbocycles. The smallest absolute Gasteiger partial charge is 0.392 e. The molecule has 1 aromatic rings. The maximum Gasteiger partial charge on any atom is 0.392 e. The van der Waals surface area contributed by atoms with Crippen LogP contribution < -0.4 is 10.5 Å². The Balaban J connectivity index is 2.43. The summed E-state index contributed by atoms with van der Waals surface area (Å²) in [6.45, 7) is -0.495. The fourth-order valence-corrected chi connectivity index (χ4v) is 0.713. The first-order valence-corrected chi connectivity index (χ1v) is 3.74. The first kappa shape index (κ1) is 10.6. The van der Waals surface area contributed by atoms with Crippen molar-refractivity contribution in [2.24, 2.45) is 0 Å². The van der Waals surface area contributed by atoms with E-state index in [9.17, 15) is 13.2 Å². The van der Waals surface area contributed by atoms with Crippen molar-refractivity contribution in [3.8, 4) is 5.88 Å². The maximum absolute atomic E-state index is 11.7. The third kappa shape index (κ3) is 3.46. The van der Waals surface area contributed by atoms with Crippen LogP contribution in [-0.2, 0) is 0 Å². The largest absolute Gasteiger partial charge is 0.476 e. The molecule has 0 aliphatic heterocycles. The Hall–Kier alpha value is -1.53. The van der Waals surface area contributed by atoms with Crippen LogP contribution in [0.15, 0.2) is 12.5 Å². The van der Waals surface area contributed by atoms with Crippen molar-refractivity contribution in [1.29, 1.82) is 0 Å². The number of ether oxygens (including phenoxy) is 1. The molecule has 2 N–H and O–H groups in total. The summed E-state index contributed by atoms with van der Waals surface area (Å²) in [6.07, 6.45) is -2.85. The van der Waals surface area contributed by atoms with E-state index < -0.39 is 19.2 Å². The number of halogens is 3.